The van der Waals surface area contributed by atoms with Gasteiger partial charge in [0, 0.05) is 25.4 Å². The van der Waals surface area contributed by atoms with Gasteiger partial charge in [-0.2, -0.15) is 0 Å². The molecule has 0 aliphatic carbocycles. The normalized spacial score (nSPS) is 25.9. The fraction of sp³-hybridized carbons (Fsp3) is 0.643. The first kappa shape index (κ1) is 11.8. The number of fused-ring (bicyclic) bond motifs is 3. The van der Waals surface area contributed by atoms with E-state index in [0.717, 1.165) is 31.1 Å². The van der Waals surface area contributed by atoms with Crippen molar-refractivity contribution < 1.29 is 9.47 Å². The average molecular weight is 248 g/mol. The van der Waals surface area contributed by atoms with E-state index in [1.165, 1.54) is 5.56 Å². The van der Waals surface area contributed by atoms with E-state index >= 15 is 0 Å². The molecule has 2 aliphatic heterocycles. The molecule has 1 aromatic rings. The second-order valence-electron chi connectivity index (χ2n) is 5.42. The van der Waals surface area contributed by atoms with E-state index in [-0.39, 0.29) is 0 Å². The maximum Gasteiger partial charge on any atom is 0.172 e. The van der Waals surface area contributed by atoms with Gasteiger partial charge in [-0.15, -0.1) is 0 Å². The fourth-order valence-corrected chi connectivity index (χ4v) is 2.90. The van der Waals surface area contributed by atoms with Crippen molar-refractivity contribution in [2.24, 2.45) is 0 Å². The number of anilines is 1. The van der Waals surface area contributed by atoms with Crippen molar-refractivity contribution in [2.75, 3.05) is 25.2 Å². The molecule has 3 heterocycles. The Morgan fingerprint density at radius 1 is 1.50 bits per heavy atom. The summed E-state index contributed by atoms with van der Waals surface area (Å²) in [5, 5.41) is 0. The number of hydrogen-bond donors (Lipinski definition) is 0. The van der Waals surface area contributed by atoms with Crippen molar-refractivity contribution in [3.8, 4) is 5.75 Å². The Morgan fingerprint density at radius 2 is 2.33 bits per heavy atom. The second-order valence-corrected chi connectivity index (χ2v) is 5.42. The van der Waals surface area contributed by atoms with Gasteiger partial charge in [0.1, 0.15) is 6.61 Å². The standard InChI is InChI=1S/C14H20N2O2/c1-9(2)12-4-5-15-14-13(12)18-8-10-6-11(17-3)7-16(10)14/h4-5,9-11H,6-8H2,1-3H3/t10?,11-/m1/s1. The molecule has 4 nitrogen and oxygen atoms in total. The Hall–Kier alpha value is -1.29. The van der Waals surface area contributed by atoms with Crippen LogP contribution >= 0.6 is 0 Å². The van der Waals surface area contributed by atoms with E-state index in [2.05, 4.69) is 29.8 Å². The molecular formula is C14H20N2O2. The average Bonchev–Trinajstić information content (AvgIpc) is 2.81. The van der Waals surface area contributed by atoms with Gasteiger partial charge in [0.25, 0.3) is 0 Å². The maximum absolute atomic E-state index is 5.96. The van der Waals surface area contributed by atoms with E-state index in [4.69, 9.17) is 9.47 Å². The van der Waals surface area contributed by atoms with Crippen molar-refractivity contribution in [3.05, 3.63) is 17.8 Å². The lowest BCUT2D eigenvalue weighted by Gasteiger charge is -2.33. The molecule has 2 atom stereocenters. The summed E-state index contributed by atoms with van der Waals surface area (Å²) in [5.74, 6) is 2.43. The van der Waals surface area contributed by atoms with Crippen LogP contribution in [0.25, 0.3) is 0 Å². The van der Waals surface area contributed by atoms with Gasteiger partial charge >= 0.3 is 0 Å². The molecule has 2 aliphatic rings. The van der Waals surface area contributed by atoms with E-state index in [0.29, 0.717) is 18.1 Å². The quantitative estimate of drug-likeness (QED) is 0.803. The lowest BCUT2D eigenvalue weighted by molar-refractivity contribution is 0.116. The molecule has 18 heavy (non-hydrogen) atoms. The highest BCUT2D eigenvalue weighted by molar-refractivity contribution is 5.60. The topological polar surface area (TPSA) is 34.6 Å². The smallest absolute Gasteiger partial charge is 0.172 e. The van der Waals surface area contributed by atoms with Gasteiger partial charge in [-0.1, -0.05) is 13.8 Å². The number of pyridine rings is 1. The van der Waals surface area contributed by atoms with Gasteiger partial charge < -0.3 is 14.4 Å². The predicted octanol–water partition coefficient (Wildman–Crippen LogP) is 2.19. The van der Waals surface area contributed by atoms with E-state index in [1.54, 1.807) is 7.11 Å². The van der Waals surface area contributed by atoms with Crippen molar-refractivity contribution in [2.45, 2.75) is 38.3 Å². The number of methoxy groups -OCH3 is 1. The number of aromatic nitrogens is 1. The van der Waals surface area contributed by atoms with Crippen molar-refractivity contribution in [1.29, 1.82) is 0 Å². The number of hydrogen-bond acceptors (Lipinski definition) is 4. The molecule has 0 N–H and O–H groups in total. The summed E-state index contributed by atoms with van der Waals surface area (Å²) >= 11 is 0. The van der Waals surface area contributed by atoms with Crippen LogP contribution in [0.2, 0.25) is 0 Å². The van der Waals surface area contributed by atoms with Crippen LogP contribution in [0.1, 0.15) is 31.7 Å². The van der Waals surface area contributed by atoms with Gasteiger partial charge in [0.2, 0.25) is 0 Å². The third kappa shape index (κ3) is 1.75. The van der Waals surface area contributed by atoms with Crippen LogP contribution in [0.4, 0.5) is 5.82 Å². The zero-order valence-electron chi connectivity index (χ0n) is 11.2. The highest BCUT2D eigenvalue weighted by Gasteiger charge is 2.38. The molecular weight excluding hydrogens is 228 g/mol. The monoisotopic (exact) mass is 248 g/mol. The molecule has 0 aromatic carbocycles. The summed E-state index contributed by atoms with van der Waals surface area (Å²) in [7, 11) is 1.78. The van der Waals surface area contributed by atoms with E-state index in [1.807, 2.05) is 6.20 Å². The minimum atomic E-state index is 0.300. The van der Waals surface area contributed by atoms with E-state index < -0.39 is 0 Å². The summed E-state index contributed by atoms with van der Waals surface area (Å²) in [6.45, 7) is 6.05. The first-order valence-corrected chi connectivity index (χ1v) is 6.61. The zero-order valence-corrected chi connectivity index (χ0v) is 11.2. The zero-order chi connectivity index (χ0) is 12.7. The van der Waals surface area contributed by atoms with Crippen LogP contribution in [0.5, 0.6) is 5.75 Å². The Kier molecular flexibility index (Phi) is 2.90. The van der Waals surface area contributed by atoms with Crippen molar-refractivity contribution in [3.63, 3.8) is 0 Å². The molecule has 3 rings (SSSR count). The van der Waals surface area contributed by atoms with Crippen LogP contribution in [0.3, 0.4) is 0 Å². The Balaban J connectivity index is 1.98. The summed E-state index contributed by atoms with van der Waals surface area (Å²) in [6, 6.07) is 2.48. The number of nitrogens with zero attached hydrogens (tertiary/aromatic N) is 2. The summed E-state index contributed by atoms with van der Waals surface area (Å²) in [4.78, 5) is 6.87. The SMILES string of the molecule is CO[C@@H]1CC2COc3c(C(C)C)ccnc3N2C1. The Labute approximate surface area is 108 Å². The molecule has 1 saturated heterocycles. The lowest BCUT2D eigenvalue weighted by atomic mass is 10.0. The maximum atomic E-state index is 5.96. The largest absolute Gasteiger partial charge is 0.487 e. The number of rotatable bonds is 2. The number of ether oxygens (including phenoxy) is 2. The molecule has 98 valence electrons. The summed E-state index contributed by atoms with van der Waals surface area (Å²) in [5.41, 5.74) is 1.25. The Morgan fingerprint density at radius 3 is 3.06 bits per heavy atom. The van der Waals surface area contributed by atoms with Crippen molar-refractivity contribution in [1.82, 2.24) is 4.98 Å². The van der Waals surface area contributed by atoms with Gasteiger partial charge in [0.15, 0.2) is 11.6 Å². The fourth-order valence-electron chi connectivity index (χ4n) is 2.90. The van der Waals surface area contributed by atoms with Gasteiger partial charge in [-0.3, -0.25) is 0 Å². The molecule has 0 bridgehead atoms. The van der Waals surface area contributed by atoms with Gasteiger partial charge in [-0.25, -0.2) is 4.98 Å². The molecule has 1 aromatic heterocycles. The van der Waals surface area contributed by atoms with Gasteiger partial charge in [0.05, 0.1) is 12.1 Å². The molecule has 0 saturated carbocycles. The van der Waals surface area contributed by atoms with Crippen LogP contribution in [0.15, 0.2) is 12.3 Å². The first-order chi connectivity index (χ1) is 8.70. The minimum absolute atomic E-state index is 0.300. The van der Waals surface area contributed by atoms with Crippen LogP contribution in [-0.4, -0.2) is 37.4 Å². The highest BCUT2D eigenvalue weighted by Crippen LogP contribution is 2.41. The first-order valence-electron chi connectivity index (χ1n) is 6.61. The van der Waals surface area contributed by atoms with Crippen LogP contribution in [-0.2, 0) is 4.74 Å². The van der Waals surface area contributed by atoms with E-state index in [9.17, 15) is 0 Å². The predicted molar refractivity (Wildman–Crippen MR) is 70.4 cm³/mol. The second kappa shape index (κ2) is 4.43. The molecule has 0 radical (unpaired) electrons. The third-order valence-corrected chi connectivity index (χ3v) is 3.94. The Bertz CT molecular complexity index is 447. The lowest BCUT2D eigenvalue weighted by Crippen LogP contribution is -2.39. The molecule has 1 unspecified atom stereocenters. The van der Waals surface area contributed by atoms with Crippen LogP contribution in [0, 0.1) is 0 Å². The third-order valence-electron chi connectivity index (χ3n) is 3.94. The van der Waals surface area contributed by atoms with Crippen LogP contribution < -0.4 is 9.64 Å². The summed E-state index contributed by atoms with van der Waals surface area (Å²) < 4.78 is 11.4. The highest BCUT2D eigenvalue weighted by atomic mass is 16.5. The molecule has 0 spiro atoms. The molecule has 0 amide bonds. The van der Waals surface area contributed by atoms with Crippen molar-refractivity contribution >= 4 is 5.82 Å². The summed E-state index contributed by atoms with van der Waals surface area (Å²) in [6.07, 6.45) is 3.22. The molecule has 4 heteroatoms. The molecule has 1 fully saturated rings. The van der Waals surface area contributed by atoms with Gasteiger partial charge in [-0.05, 0) is 18.4 Å². The minimum Gasteiger partial charge on any atom is -0.487 e.